The van der Waals surface area contributed by atoms with Crippen molar-refractivity contribution in [2.75, 3.05) is 6.54 Å². The Morgan fingerprint density at radius 2 is 1.84 bits per heavy atom. The van der Waals surface area contributed by atoms with E-state index >= 15 is 0 Å². The normalized spacial score (nSPS) is 46.1. The van der Waals surface area contributed by atoms with Gasteiger partial charge in [-0.05, 0) is 112 Å². The van der Waals surface area contributed by atoms with Crippen LogP contribution in [0.15, 0.2) is 11.6 Å². The largest absolute Gasteiger partial charge is 0.457 e. The van der Waals surface area contributed by atoms with Gasteiger partial charge in [0.1, 0.15) is 17.9 Å². The SMILES string of the molecule is CC(=O)[C@H]1CCC2C3CCC4=C[C@@H](OC(=O)C5CCCN5)CC[C@]4(C)C3CC[C@@]21C.Cl. The van der Waals surface area contributed by atoms with E-state index in [4.69, 9.17) is 4.74 Å². The second kappa shape index (κ2) is 8.48. The van der Waals surface area contributed by atoms with E-state index in [2.05, 4.69) is 25.2 Å². The molecule has 0 amide bonds. The summed E-state index contributed by atoms with van der Waals surface area (Å²) in [5, 5.41) is 3.26. The Hall–Kier alpha value is -0.870. The Balaban J connectivity index is 0.00000231. The van der Waals surface area contributed by atoms with E-state index in [1.54, 1.807) is 5.57 Å². The number of ether oxygens (including phenoxy) is 1. The molecule has 5 heteroatoms. The topological polar surface area (TPSA) is 55.4 Å². The molecule has 0 bridgehead atoms. The van der Waals surface area contributed by atoms with E-state index in [0.717, 1.165) is 56.9 Å². The van der Waals surface area contributed by atoms with Crippen molar-refractivity contribution < 1.29 is 14.3 Å². The third kappa shape index (κ3) is 3.70. The van der Waals surface area contributed by atoms with Crippen LogP contribution < -0.4 is 5.32 Å². The lowest BCUT2D eigenvalue weighted by molar-refractivity contribution is -0.150. The van der Waals surface area contributed by atoms with E-state index in [9.17, 15) is 9.59 Å². The predicted octanol–water partition coefficient (Wildman–Crippen LogP) is 5.24. The first-order valence-corrected chi connectivity index (χ1v) is 12.5. The Morgan fingerprint density at radius 3 is 2.55 bits per heavy atom. The Kier molecular flexibility index (Phi) is 6.37. The van der Waals surface area contributed by atoms with Gasteiger partial charge in [-0.1, -0.05) is 19.4 Å². The van der Waals surface area contributed by atoms with Crippen LogP contribution in [0.5, 0.6) is 0 Å². The number of allylic oxidation sites excluding steroid dienone is 1. The number of nitrogens with one attached hydrogen (secondary N) is 1. The summed E-state index contributed by atoms with van der Waals surface area (Å²) in [6.45, 7) is 7.66. The molecule has 4 fully saturated rings. The van der Waals surface area contributed by atoms with Crippen LogP contribution >= 0.6 is 12.4 Å². The zero-order chi connectivity index (χ0) is 21.1. The van der Waals surface area contributed by atoms with Gasteiger partial charge in [-0.2, -0.15) is 0 Å². The van der Waals surface area contributed by atoms with Crippen molar-refractivity contribution in [1.82, 2.24) is 5.32 Å². The quantitative estimate of drug-likeness (QED) is 0.472. The zero-order valence-electron chi connectivity index (χ0n) is 19.5. The predicted molar refractivity (Wildman–Crippen MR) is 124 cm³/mol. The fraction of sp³-hybridized carbons (Fsp3) is 0.846. The lowest BCUT2D eigenvalue weighted by Crippen LogP contribution is -2.51. The number of hydrogen-bond acceptors (Lipinski definition) is 4. The maximum atomic E-state index is 12.5. The van der Waals surface area contributed by atoms with Crippen LogP contribution in [0.2, 0.25) is 0 Å². The fourth-order valence-electron chi connectivity index (χ4n) is 8.57. The highest BCUT2D eigenvalue weighted by atomic mass is 35.5. The molecule has 0 aromatic heterocycles. The lowest BCUT2D eigenvalue weighted by Gasteiger charge is -2.58. The van der Waals surface area contributed by atoms with Gasteiger partial charge in [0.05, 0.1) is 0 Å². The summed E-state index contributed by atoms with van der Waals surface area (Å²) < 4.78 is 5.92. The minimum atomic E-state index is -0.0972. The summed E-state index contributed by atoms with van der Waals surface area (Å²) in [4.78, 5) is 24.8. The van der Waals surface area contributed by atoms with Crippen molar-refractivity contribution in [2.24, 2.45) is 34.5 Å². The first-order chi connectivity index (χ1) is 14.3. The number of ketones is 1. The number of rotatable bonds is 3. The van der Waals surface area contributed by atoms with E-state index < -0.39 is 0 Å². The van der Waals surface area contributed by atoms with Crippen LogP contribution in [-0.4, -0.2) is 30.4 Å². The van der Waals surface area contributed by atoms with Gasteiger partial charge in [0.25, 0.3) is 0 Å². The first kappa shape index (κ1) is 23.3. The van der Waals surface area contributed by atoms with Crippen molar-refractivity contribution in [3.05, 3.63) is 11.6 Å². The average molecular weight is 450 g/mol. The second-order valence-electron chi connectivity index (χ2n) is 11.5. The molecule has 31 heavy (non-hydrogen) atoms. The monoisotopic (exact) mass is 449 g/mol. The van der Waals surface area contributed by atoms with Crippen LogP contribution in [0.1, 0.15) is 85.0 Å². The average Bonchev–Trinajstić information content (AvgIpc) is 3.35. The van der Waals surface area contributed by atoms with Gasteiger partial charge in [0.2, 0.25) is 0 Å². The molecule has 1 N–H and O–H groups in total. The summed E-state index contributed by atoms with van der Waals surface area (Å²) in [5.74, 6) is 2.85. The molecule has 1 aliphatic heterocycles. The second-order valence-corrected chi connectivity index (χ2v) is 11.5. The number of hydrogen-bond donors (Lipinski definition) is 1. The maximum Gasteiger partial charge on any atom is 0.323 e. The van der Waals surface area contributed by atoms with Crippen LogP contribution in [0.3, 0.4) is 0 Å². The van der Waals surface area contributed by atoms with Gasteiger partial charge < -0.3 is 10.1 Å². The molecule has 0 aromatic carbocycles. The van der Waals surface area contributed by atoms with Gasteiger partial charge >= 0.3 is 5.97 Å². The molecule has 4 nitrogen and oxygen atoms in total. The van der Waals surface area contributed by atoms with Crippen molar-refractivity contribution in [3.8, 4) is 0 Å². The number of esters is 1. The molecule has 8 atom stereocenters. The molecule has 4 aliphatic carbocycles. The van der Waals surface area contributed by atoms with Gasteiger partial charge in [0.15, 0.2) is 0 Å². The van der Waals surface area contributed by atoms with E-state index in [1.807, 2.05) is 6.92 Å². The molecule has 4 unspecified atom stereocenters. The Bertz CT molecular complexity index is 760. The van der Waals surface area contributed by atoms with Gasteiger partial charge in [-0.15, -0.1) is 12.4 Å². The number of halogens is 1. The van der Waals surface area contributed by atoms with E-state index in [-0.39, 0.29) is 47.3 Å². The third-order valence-electron chi connectivity index (χ3n) is 10.2. The Labute approximate surface area is 193 Å². The number of Topliss-reactive ketones (excluding diaryl/α,β-unsaturated/α-hetero) is 1. The number of carbonyl (C=O) groups excluding carboxylic acids is 2. The molecule has 174 valence electrons. The summed E-state index contributed by atoms with van der Waals surface area (Å²) >= 11 is 0. The summed E-state index contributed by atoms with van der Waals surface area (Å²) in [6, 6.07) is -0.0972. The minimum Gasteiger partial charge on any atom is -0.457 e. The van der Waals surface area contributed by atoms with Crippen LogP contribution in [-0.2, 0) is 14.3 Å². The summed E-state index contributed by atoms with van der Waals surface area (Å²) in [7, 11) is 0. The minimum absolute atomic E-state index is 0. The van der Waals surface area contributed by atoms with Crippen LogP contribution in [0.25, 0.3) is 0 Å². The fourth-order valence-corrected chi connectivity index (χ4v) is 8.57. The van der Waals surface area contributed by atoms with E-state index in [1.165, 1.54) is 25.7 Å². The molecule has 1 heterocycles. The maximum absolute atomic E-state index is 12.5. The smallest absolute Gasteiger partial charge is 0.323 e. The van der Waals surface area contributed by atoms with E-state index in [0.29, 0.717) is 11.7 Å². The Morgan fingerprint density at radius 1 is 1.03 bits per heavy atom. The van der Waals surface area contributed by atoms with Crippen molar-refractivity contribution >= 4 is 24.2 Å². The van der Waals surface area contributed by atoms with Crippen molar-refractivity contribution in [2.45, 2.75) is 97.1 Å². The highest BCUT2D eigenvalue weighted by molar-refractivity contribution is 5.85. The lowest BCUT2D eigenvalue weighted by atomic mass is 9.46. The molecule has 0 spiro atoms. The molecule has 5 aliphatic rings. The van der Waals surface area contributed by atoms with Gasteiger partial charge in [-0.25, -0.2) is 0 Å². The molecule has 0 aromatic rings. The van der Waals surface area contributed by atoms with Gasteiger partial charge in [0, 0.05) is 5.92 Å². The molecular formula is C26H40ClNO3. The highest BCUT2D eigenvalue weighted by Crippen LogP contribution is 2.66. The summed E-state index contributed by atoms with van der Waals surface area (Å²) in [6.07, 6.45) is 13.6. The van der Waals surface area contributed by atoms with Crippen LogP contribution in [0.4, 0.5) is 0 Å². The van der Waals surface area contributed by atoms with Crippen LogP contribution in [0, 0.1) is 34.5 Å². The zero-order valence-corrected chi connectivity index (χ0v) is 20.3. The molecule has 3 saturated carbocycles. The molecule has 1 saturated heterocycles. The van der Waals surface area contributed by atoms with Crippen molar-refractivity contribution in [1.29, 1.82) is 0 Å². The standard InChI is InChI=1S/C26H39NO3.ClH/c1-16(28)20-8-9-21-19-7-6-17-15-18(30-24(29)23-5-4-14-27-23)10-12-25(17,2)22(19)11-13-26(20,21)3;/h15,18-23,27H,4-14H2,1-3H3;1H/t18-,19?,20+,21?,22?,23?,25-,26+;/m0./s1. The third-order valence-corrected chi connectivity index (χ3v) is 10.2. The summed E-state index contributed by atoms with van der Waals surface area (Å²) in [5.41, 5.74) is 2.04. The molecular weight excluding hydrogens is 410 g/mol. The van der Waals surface area contributed by atoms with Crippen molar-refractivity contribution in [3.63, 3.8) is 0 Å². The highest BCUT2D eigenvalue weighted by Gasteiger charge is 2.59. The molecule has 0 radical (unpaired) electrons. The molecule has 5 rings (SSSR count). The van der Waals surface area contributed by atoms with Gasteiger partial charge in [-0.3, -0.25) is 9.59 Å². The number of fused-ring (bicyclic) bond motifs is 5. The first-order valence-electron chi connectivity index (χ1n) is 12.5. The number of carbonyl (C=O) groups is 2.